The smallest absolute Gasteiger partial charge is 0.322 e. The highest BCUT2D eigenvalue weighted by Gasteiger charge is 2.51. The van der Waals surface area contributed by atoms with Crippen LogP contribution in [-0.2, 0) is 9.53 Å². The summed E-state index contributed by atoms with van der Waals surface area (Å²) in [5.74, 6) is 2.53. The third-order valence-corrected chi connectivity index (χ3v) is 5.32. The molecule has 3 nitrogen and oxygen atoms in total. The molecule has 2 N–H and O–H groups in total. The molecule has 0 aromatic heterocycles. The van der Waals surface area contributed by atoms with Crippen LogP contribution in [0.5, 0.6) is 0 Å². The van der Waals surface area contributed by atoms with E-state index in [1.54, 1.807) is 0 Å². The van der Waals surface area contributed by atoms with E-state index in [0.29, 0.717) is 5.41 Å². The van der Waals surface area contributed by atoms with Crippen LogP contribution in [0.4, 0.5) is 0 Å². The van der Waals surface area contributed by atoms with E-state index in [1.807, 2.05) is 0 Å². The van der Waals surface area contributed by atoms with Gasteiger partial charge >= 0.3 is 5.97 Å². The fraction of sp³-hybridized carbons (Fsp3) is 0.929. The van der Waals surface area contributed by atoms with E-state index in [9.17, 15) is 4.79 Å². The second-order valence-corrected chi connectivity index (χ2v) is 6.75. The zero-order valence-corrected chi connectivity index (χ0v) is 10.7. The number of esters is 1. The number of carbonyl (C=O) groups excluding carboxylic acids is 1. The largest absolute Gasteiger partial charge is 0.468 e. The molecule has 0 aliphatic heterocycles. The second-order valence-electron chi connectivity index (χ2n) is 6.75. The van der Waals surface area contributed by atoms with Crippen LogP contribution in [0.2, 0.25) is 0 Å². The van der Waals surface area contributed by atoms with E-state index < -0.39 is 6.04 Å². The molecule has 0 amide bonds. The highest BCUT2D eigenvalue weighted by Crippen LogP contribution is 2.61. The Balaban J connectivity index is 1.72. The maximum absolute atomic E-state index is 11.5. The van der Waals surface area contributed by atoms with Crippen molar-refractivity contribution in [1.82, 2.24) is 0 Å². The van der Waals surface area contributed by atoms with Crippen LogP contribution in [-0.4, -0.2) is 19.1 Å². The number of nitrogens with two attached hydrogens (primary N) is 1. The zero-order chi connectivity index (χ0) is 12.0. The fourth-order valence-corrected chi connectivity index (χ4v) is 5.24. The van der Waals surface area contributed by atoms with Gasteiger partial charge < -0.3 is 10.5 Å². The molecule has 4 aliphatic rings. The fourth-order valence-electron chi connectivity index (χ4n) is 5.24. The van der Waals surface area contributed by atoms with Crippen molar-refractivity contribution in [2.24, 2.45) is 28.9 Å². The quantitative estimate of drug-likeness (QED) is 0.765. The molecule has 0 aromatic carbocycles. The van der Waals surface area contributed by atoms with Gasteiger partial charge in [0.25, 0.3) is 0 Å². The summed E-state index contributed by atoms with van der Waals surface area (Å²) in [5, 5.41) is 0. The van der Waals surface area contributed by atoms with Crippen molar-refractivity contribution < 1.29 is 9.53 Å². The molecule has 4 fully saturated rings. The standard InChI is InChI=1S/C14H23NO2/c1-17-13(16)12(15)8-14-5-9-2-10(6-14)4-11(3-9)7-14/h9-12H,2-8,15H2,1H3/t9?,10?,11?,12-,14?/m0/s1. The SMILES string of the molecule is COC(=O)[C@@H](N)CC12CC3CC(CC(C3)C1)C2. The summed E-state index contributed by atoms with van der Waals surface area (Å²) in [6.07, 6.45) is 9.09. The molecular formula is C14H23NO2. The molecular weight excluding hydrogens is 214 g/mol. The predicted molar refractivity (Wildman–Crippen MR) is 65.2 cm³/mol. The lowest BCUT2D eigenvalue weighted by molar-refractivity contribution is -0.144. The van der Waals surface area contributed by atoms with E-state index in [2.05, 4.69) is 0 Å². The monoisotopic (exact) mass is 237 g/mol. The van der Waals surface area contributed by atoms with Gasteiger partial charge in [-0.1, -0.05) is 0 Å². The molecule has 4 saturated carbocycles. The van der Waals surface area contributed by atoms with Crippen molar-refractivity contribution in [2.75, 3.05) is 7.11 Å². The number of hydrogen-bond acceptors (Lipinski definition) is 3. The molecule has 0 unspecified atom stereocenters. The van der Waals surface area contributed by atoms with E-state index in [1.165, 1.54) is 45.6 Å². The Bertz CT molecular complexity index is 291. The van der Waals surface area contributed by atoms with Crippen LogP contribution in [0, 0.1) is 23.2 Å². The predicted octanol–water partition coefficient (Wildman–Crippen LogP) is 2.09. The molecule has 3 heteroatoms. The van der Waals surface area contributed by atoms with E-state index in [0.717, 1.165) is 24.2 Å². The molecule has 0 heterocycles. The van der Waals surface area contributed by atoms with Gasteiger partial charge in [0.2, 0.25) is 0 Å². The molecule has 1 atom stereocenters. The van der Waals surface area contributed by atoms with Gasteiger partial charge in [-0.15, -0.1) is 0 Å². The first-order chi connectivity index (χ1) is 8.10. The lowest BCUT2D eigenvalue weighted by Gasteiger charge is -2.57. The number of rotatable bonds is 3. The van der Waals surface area contributed by atoms with Crippen LogP contribution in [0.25, 0.3) is 0 Å². The third-order valence-electron chi connectivity index (χ3n) is 5.32. The Morgan fingerprint density at radius 3 is 2.12 bits per heavy atom. The summed E-state index contributed by atoms with van der Waals surface area (Å²) in [6.45, 7) is 0. The molecule has 4 aliphatic carbocycles. The first-order valence-corrected chi connectivity index (χ1v) is 6.94. The minimum Gasteiger partial charge on any atom is -0.468 e. The zero-order valence-electron chi connectivity index (χ0n) is 10.7. The summed E-state index contributed by atoms with van der Waals surface area (Å²) >= 11 is 0. The van der Waals surface area contributed by atoms with Crippen LogP contribution in [0.3, 0.4) is 0 Å². The topological polar surface area (TPSA) is 52.3 Å². The lowest BCUT2D eigenvalue weighted by Crippen LogP contribution is -2.49. The van der Waals surface area contributed by atoms with Crippen molar-refractivity contribution in [3.63, 3.8) is 0 Å². The molecule has 0 radical (unpaired) electrons. The Kier molecular flexibility index (Phi) is 2.69. The first kappa shape index (κ1) is 11.5. The summed E-state index contributed by atoms with van der Waals surface area (Å²) in [4.78, 5) is 11.5. The Labute approximate surface area is 103 Å². The maximum atomic E-state index is 11.5. The number of methoxy groups -OCH3 is 1. The Morgan fingerprint density at radius 2 is 1.71 bits per heavy atom. The second kappa shape index (κ2) is 3.98. The van der Waals surface area contributed by atoms with E-state index in [-0.39, 0.29) is 5.97 Å². The van der Waals surface area contributed by atoms with Gasteiger partial charge in [0, 0.05) is 0 Å². The summed E-state index contributed by atoms with van der Waals surface area (Å²) in [5.41, 5.74) is 6.35. The first-order valence-electron chi connectivity index (χ1n) is 6.94. The average molecular weight is 237 g/mol. The van der Waals surface area contributed by atoms with Gasteiger partial charge in [0.15, 0.2) is 0 Å². The lowest BCUT2D eigenvalue weighted by atomic mass is 9.48. The van der Waals surface area contributed by atoms with Crippen LogP contribution in [0.15, 0.2) is 0 Å². The van der Waals surface area contributed by atoms with Gasteiger partial charge in [-0.05, 0) is 68.1 Å². The molecule has 0 spiro atoms. The summed E-state index contributed by atoms with van der Waals surface area (Å²) < 4.78 is 4.76. The van der Waals surface area contributed by atoms with Gasteiger partial charge in [0.1, 0.15) is 6.04 Å². The number of carbonyl (C=O) groups is 1. The van der Waals surface area contributed by atoms with Crippen molar-refractivity contribution in [1.29, 1.82) is 0 Å². The summed E-state index contributed by atoms with van der Waals surface area (Å²) in [7, 11) is 1.43. The number of hydrogen-bond donors (Lipinski definition) is 1. The molecule has 0 aromatic rings. The molecule has 0 saturated heterocycles. The molecule has 96 valence electrons. The van der Waals surface area contributed by atoms with Crippen LogP contribution >= 0.6 is 0 Å². The van der Waals surface area contributed by atoms with Crippen molar-refractivity contribution in [3.05, 3.63) is 0 Å². The maximum Gasteiger partial charge on any atom is 0.322 e. The molecule has 17 heavy (non-hydrogen) atoms. The van der Waals surface area contributed by atoms with Crippen molar-refractivity contribution in [3.8, 4) is 0 Å². The van der Waals surface area contributed by atoms with Crippen LogP contribution in [0.1, 0.15) is 44.9 Å². The van der Waals surface area contributed by atoms with Crippen molar-refractivity contribution >= 4 is 5.97 Å². The summed E-state index contributed by atoms with van der Waals surface area (Å²) in [6, 6.07) is -0.406. The molecule has 4 bridgehead atoms. The van der Waals surface area contributed by atoms with Crippen molar-refractivity contribution in [2.45, 2.75) is 51.0 Å². The van der Waals surface area contributed by atoms with E-state index >= 15 is 0 Å². The van der Waals surface area contributed by atoms with Gasteiger partial charge in [-0.25, -0.2) is 0 Å². The van der Waals surface area contributed by atoms with Gasteiger partial charge in [-0.2, -0.15) is 0 Å². The minimum absolute atomic E-state index is 0.235. The highest BCUT2D eigenvalue weighted by molar-refractivity contribution is 5.75. The Morgan fingerprint density at radius 1 is 1.24 bits per heavy atom. The highest BCUT2D eigenvalue weighted by atomic mass is 16.5. The average Bonchev–Trinajstić information content (AvgIpc) is 2.25. The third kappa shape index (κ3) is 1.99. The minimum atomic E-state index is -0.406. The van der Waals surface area contributed by atoms with Gasteiger partial charge in [0.05, 0.1) is 7.11 Å². The Hall–Kier alpha value is -0.570. The van der Waals surface area contributed by atoms with Crippen LogP contribution < -0.4 is 5.73 Å². The number of ether oxygens (including phenoxy) is 1. The normalized spacial score (nSPS) is 44.7. The van der Waals surface area contributed by atoms with Gasteiger partial charge in [-0.3, -0.25) is 4.79 Å². The van der Waals surface area contributed by atoms with E-state index in [4.69, 9.17) is 10.5 Å². The molecule has 4 rings (SSSR count).